The number of aromatic nitrogens is 3. The molecular weight excluding hydrogens is 468 g/mol. The summed E-state index contributed by atoms with van der Waals surface area (Å²) in [6.07, 6.45) is 2.78. The van der Waals surface area contributed by atoms with Gasteiger partial charge in [-0.3, -0.25) is 18.2 Å². The highest BCUT2D eigenvalue weighted by Crippen LogP contribution is 2.35. The summed E-state index contributed by atoms with van der Waals surface area (Å²) in [7, 11) is -3.17. The molecule has 0 saturated carbocycles. The van der Waals surface area contributed by atoms with E-state index in [1.165, 1.54) is 23.5 Å². The van der Waals surface area contributed by atoms with Crippen molar-refractivity contribution in [2.45, 2.75) is 6.23 Å². The summed E-state index contributed by atoms with van der Waals surface area (Å²) >= 11 is 5.89. The van der Waals surface area contributed by atoms with Crippen LogP contribution in [0.4, 0.5) is 10.6 Å². The summed E-state index contributed by atoms with van der Waals surface area (Å²) in [5.41, 5.74) is 0.437. The molecule has 4 heterocycles. The van der Waals surface area contributed by atoms with Crippen molar-refractivity contribution in [3.8, 4) is 0 Å². The second-order valence-electron chi connectivity index (χ2n) is 6.73. The molecule has 0 radical (unpaired) electrons. The highest BCUT2D eigenvalue weighted by Gasteiger charge is 2.44. The van der Waals surface area contributed by atoms with E-state index in [2.05, 4.69) is 19.9 Å². The van der Waals surface area contributed by atoms with Gasteiger partial charge in [0, 0.05) is 55.2 Å². The quantitative estimate of drug-likeness (QED) is 0.421. The van der Waals surface area contributed by atoms with Gasteiger partial charge in [0.1, 0.15) is 11.5 Å². The van der Waals surface area contributed by atoms with Gasteiger partial charge in [0.15, 0.2) is 5.69 Å². The van der Waals surface area contributed by atoms with E-state index in [9.17, 15) is 9.59 Å². The number of amides is 2. The molecule has 32 heavy (non-hydrogen) atoms. The maximum Gasteiger partial charge on any atom is 0.412 e. The van der Waals surface area contributed by atoms with Crippen molar-refractivity contribution < 1.29 is 31.8 Å². The van der Waals surface area contributed by atoms with Crippen LogP contribution < -0.4 is 4.90 Å². The largest absolute Gasteiger partial charge is 0.759 e. The Bertz CT molecular complexity index is 1080. The SMILES string of the molecule is CN1CCN(C(=O)OC2c3nccnc3C(=O)N2c2ccc(Cl)cn2)CC1.O=S(=O)([O-])[O-]. The van der Waals surface area contributed by atoms with Gasteiger partial charge >= 0.3 is 6.09 Å². The molecule has 0 aromatic carbocycles. The van der Waals surface area contributed by atoms with Gasteiger partial charge in [-0.2, -0.15) is 0 Å². The Morgan fingerprint density at radius 3 is 2.34 bits per heavy atom. The fourth-order valence-corrected chi connectivity index (χ4v) is 3.15. The van der Waals surface area contributed by atoms with Crippen molar-refractivity contribution in [3.05, 3.63) is 47.1 Å². The fraction of sp³-hybridized carbons (Fsp3) is 0.353. The zero-order chi connectivity index (χ0) is 23.5. The third kappa shape index (κ3) is 5.86. The molecular formula is C17H17ClN6O7S-2. The van der Waals surface area contributed by atoms with E-state index in [-0.39, 0.29) is 5.69 Å². The third-order valence-corrected chi connectivity index (χ3v) is 4.77. The van der Waals surface area contributed by atoms with Crippen molar-refractivity contribution in [2.75, 3.05) is 38.1 Å². The van der Waals surface area contributed by atoms with Gasteiger partial charge in [-0.15, -0.1) is 0 Å². The predicted molar refractivity (Wildman–Crippen MR) is 107 cm³/mol. The number of carbonyl (C=O) groups excluding carboxylic acids is 2. The lowest BCUT2D eigenvalue weighted by Gasteiger charge is -2.33. The van der Waals surface area contributed by atoms with E-state index in [1.807, 2.05) is 7.05 Å². The summed E-state index contributed by atoms with van der Waals surface area (Å²) in [4.78, 5) is 43.0. The van der Waals surface area contributed by atoms with Gasteiger partial charge in [-0.1, -0.05) is 11.6 Å². The van der Waals surface area contributed by atoms with Gasteiger partial charge in [0.2, 0.25) is 6.23 Å². The molecule has 2 aromatic heterocycles. The van der Waals surface area contributed by atoms with Crippen molar-refractivity contribution >= 4 is 39.8 Å². The van der Waals surface area contributed by atoms with Crippen molar-refractivity contribution in [3.63, 3.8) is 0 Å². The molecule has 13 nitrogen and oxygen atoms in total. The minimum atomic E-state index is -5.17. The molecule has 1 saturated heterocycles. The van der Waals surface area contributed by atoms with Gasteiger partial charge < -0.3 is 23.6 Å². The van der Waals surface area contributed by atoms with Crippen LogP contribution in [-0.4, -0.2) is 87.5 Å². The maximum atomic E-state index is 12.8. The van der Waals surface area contributed by atoms with Gasteiger partial charge in [-0.05, 0) is 19.2 Å². The second kappa shape index (κ2) is 9.70. The van der Waals surface area contributed by atoms with Gasteiger partial charge in [0.25, 0.3) is 5.91 Å². The molecule has 1 fully saturated rings. The molecule has 0 aliphatic carbocycles. The number of hydrogen-bond acceptors (Lipinski definition) is 11. The zero-order valence-electron chi connectivity index (χ0n) is 16.6. The first-order chi connectivity index (χ1) is 15.0. The molecule has 1 unspecified atom stereocenters. The normalized spacial score (nSPS) is 18.6. The molecule has 2 aliphatic rings. The summed E-state index contributed by atoms with van der Waals surface area (Å²) < 4.78 is 39.8. The Morgan fingerprint density at radius 1 is 1.12 bits per heavy atom. The molecule has 15 heteroatoms. The topological polar surface area (TPSA) is 172 Å². The van der Waals surface area contributed by atoms with Gasteiger partial charge in [0.05, 0.1) is 5.02 Å². The van der Waals surface area contributed by atoms with Crippen LogP contribution in [0.25, 0.3) is 0 Å². The highest BCUT2D eigenvalue weighted by molar-refractivity contribution is 7.79. The third-order valence-electron chi connectivity index (χ3n) is 4.55. The smallest absolute Gasteiger partial charge is 0.412 e. The van der Waals surface area contributed by atoms with E-state index < -0.39 is 28.6 Å². The average molecular weight is 485 g/mol. The lowest BCUT2D eigenvalue weighted by atomic mass is 10.3. The van der Waals surface area contributed by atoms with Crippen LogP contribution in [0.3, 0.4) is 0 Å². The van der Waals surface area contributed by atoms with Crippen molar-refractivity contribution in [1.82, 2.24) is 24.8 Å². The van der Waals surface area contributed by atoms with Crippen molar-refractivity contribution in [1.29, 1.82) is 0 Å². The summed E-state index contributed by atoms with van der Waals surface area (Å²) in [5, 5.41) is 0.435. The van der Waals surface area contributed by atoms with Gasteiger partial charge in [-0.25, -0.2) is 19.7 Å². The van der Waals surface area contributed by atoms with E-state index in [0.29, 0.717) is 29.6 Å². The Morgan fingerprint density at radius 2 is 1.75 bits per heavy atom. The monoisotopic (exact) mass is 484 g/mol. The number of rotatable bonds is 2. The van der Waals surface area contributed by atoms with E-state index in [4.69, 9.17) is 33.9 Å². The molecule has 1 atom stereocenters. The van der Waals surface area contributed by atoms with Crippen LogP contribution >= 0.6 is 11.6 Å². The molecule has 0 bridgehead atoms. The number of anilines is 1. The Balaban J connectivity index is 0.000000523. The number of pyridine rings is 1. The van der Waals surface area contributed by atoms with Crippen LogP contribution in [0.1, 0.15) is 22.4 Å². The van der Waals surface area contributed by atoms with E-state index in [0.717, 1.165) is 13.1 Å². The molecule has 172 valence electrons. The van der Waals surface area contributed by atoms with Crippen LogP contribution in [0.15, 0.2) is 30.7 Å². The first-order valence-corrected chi connectivity index (χ1v) is 10.8. The molecule has 0 spiro atoms. The molecule has 2 amide bonds. The summed E-state index contributed by atoms with van der Waals surface area (Å²) in [6, 6.07) is 3.20. The molecule has 4 rings (SSSR count). The predicted octanol–water partition coefficient (Wildman–Crippen LogP) is 0.230. The molecule has 2 aromatic rings. The summed E-state index contributed by atoms with van der Waals surface area (Å²) in [6.45, 7) is 2.64. The number of ether oxygens (including phenoxy) is 1. The lowest BCUT2D eigenvalue weighted by Crippen LogP contribution is -2.48. The van der Waals surface area contributed by atoms with Crippen LogP contribution in [-0.2, 0) is 15.1 Å². The first kappa shape index (κ1) is 23.7. The lowest BCUT2D eigenvalue weighted by molar-refractivity contribution is 0.0476. The second-order valence-corrected chi connectivity index (χ2v) is 7.99. The summed E-state index contributed by atoms with van der Waals surface area (Å²) in [5.74, 6) is -0.121. The average Bonchev–Trinajstić information content (AvgIpc) is 3.00. The number of hydrogen-bond donors (Lipinski definition) is 0. The number of fused-ring (bicyclic) bond motifs is 1. The highest BCUT2D eigenvalue weighted by atomic mass is 35.5. The van der Waals surface area contributed by atoms with E-state index >= 15 is 0 Å². The number of piperazine rings is 1. The Hall–Kier alpha value is -2.91. The number of likely N-dealkylation sites (N-methyl/N-ethyl adjacent to an activating group) is 1. The maximum absolute atomic E-state index is 12.8. The first-order valence-electron chi connectivity index (χ1n) is 9.11. The van der Waals surface area contributed by atoms with Crippen LogP contribution in [0.5, 0.6) is 0 Å². The standard InChI is InChI=1S/C17H17ClN6O3.H2O4S/c1-22-6-8-23(9-7-22)17(26)27-16-14-13(19-4-5-20-14)15(25)24(16)12-3-2-11(18)10-21-12;1-5(2,3)4/h2-5,10,16H,6-9H2,1H3;(H2,1,2,3,4)/p-2. The number of carbonyl (C=O) groups is 2. The van der Waals surface area contributed by atoms with Crippen LogP contribution in [0, 0.1) is 0 Å². The molecule has 0 N–H and O–H groups in total. The Labute approximate surface area is 188 Å². The fourth-order valence-electron chi connectivity index (χ4n) is 3.04. The number of nitrogens with zero attached hydrogens (tertiary/aromatic N) is 6. The Kier molecular flexibility index (Phi) is 7.20. The minimum Gasteiger partial charge on any atom is -0.759 e. The van der Waals surface area contributed by atoms with Crippen molar-refractivity contribution in [2.24, 2.45) is 0 Å². The molecule has 2 aliphatic heterocycles. The zero-order valence-corrected chi connectivity index (χ0v) is 18.2. The minimum absolute atomic E-state index is 0.144. The van der Waals surface area contributed by atoms with Crippen LogP contribution in [0.2, 0.25) is 5.02 Å². The van der Waals surface area contributed by atoms with E-state index in [1.54, 1.807) is 17.0 Å². The number of halogens is 1.